The van der Waals surface area contributed by atoms with Crippen LogP contribution in [-0.2, 0) is 0 Å². The molecular formula is C14H22FNO. The number of halogens is 1. The summed E-state index contributed by atoms with van der Waals surface area (Å²) in [6, 6.07) is 4.74. The minimum atomic E-state index is -0.234. The molecule has 1 aromatic rings. The Morgan fingerprint density at radius 2 is 2.00 bits per heavy atom. The quantitative estimate of drug-likeness (QED) is 0.812. The number of rotatable bonds is 6. The zero-order valence-corrected chi connectivity index (χ0v) is 11.1. The Balaban J connectivity index is 2.56. The van der Waals surface area contributed by atoms with Gasteiger partial charge in [-0.05, 0) is 30.4 Å². The van der Waals surface area contributed by atoms with Gasteiger partial charge in [-0.1, -0.05) is 20.8 Å². The molecule has 0 aliphatic carbocycles. The van der Waals surface area contributed by atoms with Crippen molar-refractivity contribution in [3.05, 3.63) is 24.0 Å². The average molecular weight is 239 g/mol. The summed E-state index contributed by atoms with van der Waals surface area (Å²) < 4.78 is 18.6. The molecule has 0 bridgehead atoms. The SMILES string of the molecule is COc1ccc(F)c(NCC(C)CC(C)C)c1. The van der Waals surface area contributed by atoms with E-state index >= 15 is 0 Å². The lowest BCUT2D eigenvalue weighted by atomic mass is 9.99. The van der Waals surface area contributed by atoms with Crippen molar-refractivity contribution < 1.29 is 9.13 Å². The number of methoxy groups -OCH3 is 1. The third-order valence-electron chi connectivity index (χ3n) is 2.69. The molecule has 0 fully saturated rings. The Labute approximate surface area is 103 Å². The van der Waals surface area contributed by atoms with Gasteiger partial charge in [0.15, 0.2) is 0 Å². The minimum absolute atomic E-state index is 0.234. The lowest BCUT2D eigenvalue weighted by Gasteiger charge is -2.16. The van der Waals surface area contributed by atoms with Crippen molar-refractivity contribution in [1.29, 1.82) is 0 Å². The molecule has 0 aliphatic rings. The minimum Gasteiger partial charge on any atom is -0.497 e. The van der Waals surface area contributed by atoms with Crippen molar-refractivity contribution in [2.75, 3.05) is 19.0 Å². The van der Waals surface area contributed by atoms with Crippen LogP contribution in [0.3, 0.4) is 0 Å². The van der Waals surface area contributed by atoms with E-state index in [1.54, 1.807) is 19.2 Å². The molecule has 1 atom stereocenters. The molecule has 0 saturated carbocycles. The van der Waals surface area contributed by atoms with Gasteiger partial charge in [0.2, 0.25) is 0 Å². The van der Waals surface area contributed by atoms with Gasteiger partial charge in [0.1, 0.15) is 11.6 Å². The van der Waals surface area contributed by atoms with Crippen LogP contribution in [0.4, 0.5) is 10.1 Å². The molecular weight excluding hydrogens is 217 g/mol. The zero-order valence-electron chi connectivity index (χ0n) is 11.1. The number of anilines is 1. The number of nitrogens with one attached hydrogen (secondary N) is 1. The van der Waals surface area contributed by atoms with E-state index in [-0.39, 0.29) is 5.82 Å². The zero-order chi connectivity index (χ0) is 12.8. The van der Waals surface area contributed by atoms with Crippen LogP contribution < -0.4 is 10.1 Å². The van der Waals surface area contributed by atoms with Gasteiger partial charge in [0.05, 0.1) is 12.8 Å². The van der Waals surface area contributed by atoms with E-state index in [0.717, 1.165) is 13.0 Å². The first-order valence-electron chi connectivity index (χ1n) is 6.10. The largest absolute Gasteiger partial charge is 0.497 e. The molecule has 0 amide bonds. The Kier molecular flexibility index (Phi) is 5.26. The monoisotopic (exact) mass is 239 g/mol. The first kappa shape index (κ1) is 13.8. The van der Waals surface area contributed by atoms with Crippen LogP contribution in [0, 0.1) is 17.7 Å². The molecule has 2 nitrogen and oxygen atoms in total. The van der Waals surface area contributed by atoms with Crippen LogP contribution >= 0.6 is 0 Å². The summed E-state index contributed by atoms with van der Waals surface area (Å²) in [5.74, 6) is 1.63. The third-order valence-corrected chi connectivity index (χ3v) is 2.69. The standard InChI is InChI=1S/C14H22FNO/c1-10(2)7-11(3)9-16-14-8-12(17-4)5-6-13(14)15/h5-6,8,10-11,16H,7,9H2,1-4H3. The molecule has 1 aromatic carbocycles. The Morgan fingerprint density at radius 3 is 2.59 bits per heavy atom. The molecule has 17 heavy (non-hydrogen) atoms. The van der Waals surface area contributed by atoms with Crippen LogP contribution in [-0.4, -0.2) is 13.7 Å². The van der Waals surface area contributed by atoms with E-state index < -0.39 is 0 Å². The second kappa shape index (κ2) is 6.48. The van der Waals surface area contributed by atoms with Gasteiger partial charge in [-0.15, -0.1) is 0 Å². The highest BCUT2D eigenvalue weighted by Gasteiger charge is 2.07. The van der Waals surface area contributed by atoms with Gasteiger partial charge in [-0.2, -0.15) is 0 Å². The van der Waals surface area contributed by atoms with Crippen molar-refractivity contribution in [3.63, 3.8) is 0 Å². The molecule has 0 aliphatic heterocycles. The fourth-order valence-corrected chi connectivity index (χ4v) is 1.94. The van der Waals surface area contributed by atoms with Crippen LogP contribution in [0.5, 0.6) is 5.75 Å². The maximum Gasteiger partial charge on any atom is 0.146 e. The van der Waals surface area contributed by atoms with Gasteiger partial charge < -0.3 is 10.1 Å². The maximum absolute atomic E-state index is 13.5. The third kappa shape index (κ3) is 4.63. The normalized spacial score (nSPS) is 12.6. The second-order valence-corrected chi connectivity index (χ2v) is 4.96. The summed E-state index contributed by atoms with van der Waals surface area (Å²) in [5.41, 5.74) is 0.514. The van der Waals surface area contributed by atoms with E-state index in [4.69, 9.17) is 4.74 Å². The summed E-state index contributed by atoms with van der Waals surface area (Å²) in [4.78, 5) is 0. The summed E-state index contributed by atoms with van der Waals surface area (Å²) >= 11 is 0. The number of ether oxygens (including phenoxy) is 1. The highest BCUT2D eigenvalue weighted by molar-refractivity contribution is 5.49. The number of benzene rings is 1. The van der Waals surface area contributed by atoms with E-state index in [0.29, 0.717) is 23.3 Å². The molecule has 0 aromatic heterocycles. The topological polar surface area (TPSA) is 21.3 Å². The van der Waals surface area contributed by atoms with Crippen molar-refractivity contribution in [3.8, 4) is 5.75 Å². The van der Waals surface area contributed by atoms with E-state index in [9.17, 15) is 4.39 Å². The number of hydrogen-bond donors (Lipinski definition) is 1. The first-order valence-corrected chi connectivity index (χ1v) is 6.10. The van der Waals surface area contributed by atoms with Gasteiger partial charge >= 0.3 is 0 Å². The van der Waals surface area contributed by atoms with Crippen LogP contribution in [0.15, 0.2) is 18.2 Å². The molecule has 0 saturated heterocycles. The molecule has 0 spiro atoms. The van der Waals surface area contributed by atoms with E-state index in [1.165, 1.54) is 6.07 Å². The van der Waals surface area contributed by atoms with Crippen molar-refractivity contribution in [2.24, 2.45) is 11.8 Å². The fraction of sp³-hybridized carbons (Fsp3) is 0.571. The molecule has 0 radical (unpaired) electrons. The van der Waals surface area contributed by atoms with Gasteiger partial charge in [0.25, 0.3) is 0 Å². The van der Waals surface area contributed by atoms with Gasteiger partial charge in [0, 0.05) is 12.6 Å². The molecule has 0 heterocycles. The predicted molar refractivity (Wildman–Crippen MR) is 70.1 cm³/mol. The van der Waals surface area contributed by atoms with Gasteiger partial charge in [-0.25, -0.2) is 4.39 Å². The lowest BCUT2D eigenvalue weighted by molar-refractivity contribution is 0.413. The first-order chi connectivity index (χ1) is 8.02. The predicted octanol–water partition coefficient (Wildman–Crippen LogP) is 3.93. The van der Waals surface area contributed by atoms with Crippen molar-refractivity contribution in [1.82, 2.24) is 0 Å². The molecule has 1 rings (SSSR count). The summed E-state index contributed by atoms with van der Waals surface area (Å²) in [6.07, 6.45) is 1.14. The van der Waals surface area contributed by atoms with E-state index in [1.807, 2.05) is 0 Å². The molecule has 96 valence electrons. The molecule has 1 unspecified atom stereocenters. The van der Waals surface area contributed by atoms with Crippen LogP contribution in [0.2, 0.25) is 0 Å². The highest BCUT2D eigenvalue weighted by atomic mass is 19.1. The fourth-order valence-electron chi connectivity index (χ4n) is 1.94. The summed E-state index contributed by atoms with van der Waals surface area (Å²) in [5, 5.41) is 3.14. The molecule has 1 N–H and O–H groups in total. The van der Waals surface area contributed by atoms with Crippen LogP contribution in [0.1, 0.15) is 27.2 Å². The van der Waals surface area contributed by atoms with Crippen LogP contribution in [0.25, 0.3) is 0 Å². The van der Waals surface area contributed by atoms with Gasteiger partial charge in [-0.3, -0.25) is 0 Å². The summed E-state index contributed by atoms with van der Waals surface area (Å²) in [7, 11) is 1.58. The average Bonchev–Trinajstić information content (AvgIpc) is 2.27. The summed E-state index contributed by atoms with van der Waals surface area (Å²) in [6.45, 7) is 7.35. The maximum atomic E-state index is 13.5. The smallest absolute Gasteiger partial charge is 0.146 e. The Hall–Kier alpha value is -1.25. The Morgan fingerprint density at radius 1 is 1.29 bits per heavy atom. The molecule has 3 heteroatoms. The van der Waals surface area contributed by atoms with Crippen molar-refractivity contribution >= 4 is 5.69 Å². The highest BCUT2D eigenvalue weighted by Crippen LogP contribution is 2.22. The Bertz CT molecular complexity index is 352. The lowest BCUT2D eigenvalue weighted by Crippen LogP contribution is -2.14. The number of hydrogen-bond acceptors (Lipinski definition) is 2. The second-order valence-electron chi connectivity index (χ2n) is 4.96. The van der Waals surface area contributed by atoms with Crippen molar-refractivity contribution in [2.45, 2.75) is 27.2 Å². The van der Waals surface area contributed by atoms with E-state index in [2.05, 4.69) is 26.1 Å².